The Morgan fingerprint density at radius 2 is 1.87 bits per heavy atom. The lowest BCUT2D eigenvalue weighted by Gasteiger charge is -2.38. The van der Waals surface area contributed by atoms with Gasteiger partial charge >= 0.3 is 0 Å². The molecule has 0 saturated carbocycles. The number of anilines is 2. The van der Waals surface area contributed by atoms with E-state index in [1.165, 1.54) is 11.1 Å². The van der Waals surface area contributed by atoms with E-state index in [1.54, 1.807) is 0 Å². The van der Waals surface area contributed by atoms with Gasteiger partial charge in [-0.1, -0.05) is 30.3 Å². The summed E-state index contributed by atoms with van der Waals surface area (Å²) in [4.78, 5) is 14.3. The minimum absolute atomic E-state index is 0.157. The van der Waals surface area contributed by atoms with Crippen LogP contribution in [-0.4, -0.2) is 17.4 Å². The molecule has 23 heavy (non-hydrogen) atoms. The summed E-state index contributed by atoms with van der Waals surface area (Å²) < 4.78 is 0. The molecule has 0 bridgehead atoms. The molecule has 0 unspecified atom stereocenters. The van der Waals surface area contributed by atoms with Crippen LogP contribution in [0.3, 0.4) is 0 Å². The van der Waals surface area contributed by atoms with Gasteiger partial charge < -0.3 is 16.0 Å². The van der Waals surface area contributed by atoms with Crippen molar-refractivity contribution >= 4 is 17.3 Å². The molecule has 2 heterocycles. The second kappa shape index (κ2) is 5.61. The molecule has 0 radical (unpaired) electrons. The van der Waals surface area contributed by atoms with Crippen molar-refractivity contribution in [1.82, 2.24) is 4.90 Å². The van der Waals surface area contributed by atoms with Gasteiger partial charge in [-0.25, -0.2) is 0 Å². The molecule has 2 aliphatic rings. The van der Waals surface area contributed by atoms with Crippen LogP contribution in [0.1, 0.15) is 42.5 Å². The summed E-state index contributed by atoms with van der Waals surface area (Å²) in [5.41, 5.74) is 10.2. The topological polar surface area (TPSA) is 58.4 Å². The second-order valence-electron chi connectivity index (χ2n) is 6.39. The number of nitrogens with two attached hydrogens (primary N) is 1. The van der Waals surface area contributed by atoms with E-state index in [0.717, 1.165) is 30.8 Å². The van der Waals surface area contributed by atoms with Crippen molar-refractivity contribution in [3.05, 3.63) is 59.7 Å². The second-order valence-corrected chi connectivity index (χ2v) is 6.39. The average molecular weight is 307 g/mol. The summed E-state index contributed by atoms with van der Waals surface area (Å²) in [6.07, 6.45) is 2.54. The fourth-order valence-corrected chi connectivity index (χ4v) is 3.76. The predicted octanol–water partition coefficient (Wildman–Crippen LogP) is 3.49. The summed E-state index contributed by atoms with van der Waals surface area (Å²) in [7, 11) is 0. The highest BCUT2D eigenvalue weighted by atomic mass is 16.2. The highest BCUT2D eigenvalue weighted by Gasteiger charge is 2.35. The molecule has 118 valence electrons. The van der Waals surface area contributed by atoms with E-state index in [0.29, 0.717) is 6.42 Å². The number of nitrogens with one attached hydrogen (secondary N) is 1. The minimum Gasteiger partial charge on any atom is -0.399 e. The molecular weight excluding hydrogens is 286 g/mol. The number of para-hydroxylation sites is 1. The van der Waals surface area contributed by atoms with Gasteiger partial charge in [-0.15, -0.1) is 0 Å². The number of hydrogen-bond donors (Lipinski definition) is 2. The standard InChI is InChI=1S/C19H21N3O/c20-14-9-7-13(8-10-14)17-12-18(22-11-3-6-19(22)23)15-4-1-2-5-16(15)21-17/h1-2,4-5,7-10,17-18,21H,3,6,11-12,20H2/t17-,18-/m0/s1. The lowest BCUT2D eigenvalue weighted by Crippen LogP contribution is -2.35. The van der Waals surface area contributed by atoms with E-state index in [2.05, 4.69) is 40.5 Å². The molecule has 3 N–H and O–H groups in total. The van der Waals surface area contributed by atoms with E-state index in [1.807, 2.05) is 18.2 Å². The number of carbonyl (C=O) groups is 1. The van der Waals surface area contributed by atoms with Crippen molar-refractivity contribution in [2.45, 2.75) is 31.3 Å². The first-order valence-electron chi connectivity index (χ1n) is 8.23. The molecule has 0 aliphatic carbocycles. The third-order valence-corrected chi connectivity index (χ3v) is 4.93. The van der Waals surface area contributed by atoms with Crippen LogP contribution in [0.2, 0.25) is 0 Å². The Hall–Kier alpha value is -2.49. The fraction of sp³-hybridized carbons (Fsp3) is 0.316. The third kappa shape index (κ3) is 2.54. The van der Waals surface area contributed by atoms with Gasteiger partial charge in [0.25, 0.3) is 0 Å². The molecule has 1 saturated heterocycles. The van der Waals surface area contributed by atoms with Gasteiger partial charge in [0.1, 0.15) is 0 Å². The Kier molecular flexibility index (Phi) is 3.45. The van der Waals surface area contributed by atoms with Crippen molar-refractivity contribution in [2.75, 3.05) is 17.6 Å². The van der Waals surface area contributed by atoms with Crippen molar-refractivity contribution < 1.29 is 4.79 Å². The molecule has 1 fully saturated rings. The molecule has 0 spiro atoms. The van der Waals surface area contributed by atoms with Crippen LogP contribution in [0.4, 0.5) is 11.4 Å². The van der Waals surface area contributed by atoms with Crippen LogP contribution < -0.4 is 11.1 Å². The van der Waals surface area contributed by atoms with E-state index >= 15 is 0 Å². The highest BCUT2D eigenvalue weighted by Crippen LogP contribution is 2.43. The summed E-state index contributed by atoms with van der Waals surface area (Å²) >= 11 is 0. The molecule has 2 aliphatic heterocycles. The van der Waals surface area contributed by atoms with E-state index in [4.69, 9.17) is 5.73 Å². The normalized spacial score (nSPS) is 23.5. The van der Waals surface area contributed by atoms with Crippen LogP contribution in [0, 0.1) is 0 Å². The number of fused-ring (bicyclic) bond motifs is 1. The van der Waals surface area contributed by atoms with Gasteiger partial charge in [0.2, 0.25) is 5.91 Å². The summed E-state index contributed by atoms with van der Waals surface area (Å²) in [6, 6.07) is 16.7. The molecular formula is C19H21N3O. The van der Waals surface area contributed by atoms with Gasteiger partial charge in [0.05, 0.1) is 12.1 Å². The van der Waals surface area contributed by atoms with Crippen LogP contribution >= 0.6 is 0 Å². The lowest BCUT2D eigenvalue weighted by atomic mass is 9.88. The van der Waals surface area contributed by atoms with Crippen molar-refractivity contribution in [3.63, 3.8) is 0 Å². The summed E-state index contributed by atoms with van der Waals surface area (Å²) in [5.74, 6) is 0.280. The quantitative estimate of drug-likeness (QED) is 0.835. The largest absolute Gasteiger partial charge is 0.399 e. The zero-order valence-corrected chi connectivity index (χ0v) is 13.0. The molecule has 1 amide bonds. The molecule has 2 aromatic rings. The zero-order chi connectivity index (χ0) is 15.8. The maximum Gasteiger partial charge on any atom is 0.223 e. The molecule has 2 atom stereocenters. The van der Waals surface area contributed by atoms with E-state index < -0.39 is 0 Å². The van der Waals surface area contributed by atoms with Crippen LogP contribution in [0.25, 0.3) is 0 Å². The number of amides is 1. The molecule has 4 nitrogen and oxygen atoms in total. The van der Waals surface area contributed by atoms with Crippen LogP contribution in [0.5, 0.6) is 0 Å². The Balaban J connectivity index is 1.70. The number of nitrogen functional groups attached to an aromatic ring is 1. The smallest absolute Gasteiger partial charge is 0.223 e. The minimum atomic E-state index is 0.157. The maximum atomic E-state index is 12.3. The van der Waals surface area contributed by atoms with Crippen molar-refractivity contribution in [1.29, 1.82) is 0 Å². The van der Waals surface area contributed by atoms with Gasteiger partial charge in [-0.2, -0.15) is 0 Å². The van der Waals surface area contributed by atoms with Gasteiger partial charge in [0.15, 0.2) is 0 Å². The molecule has 4 heteroatoms. The van der Waals surface area contributed by atoms with Crippen LogP contribution in [0.15, 0.2) is 48.5 Å². The SMILES string of the molecule is Nc1ccc([C@@H]2C[C@H](N3CCCC3=O)c3ccccc3N2)cc1. The predicted molar refractivity (Wildman–Crippen MR) is 92.0 cm³/mol. The third-order valence-electron chi connectivity index (χ3n) is 4.93. The molecule has 4 rings (SSSR count). The van der Waals surface area contributed by atoms with Crippen molar-refractivity contribution in [2.24, 2.45) is 0 Å². The highest BCUT2D eigenvalue weighted by molar-refractivity contribution is 5.79. The Labute approximate surface area is 136 Å². The van der Waals surface area contributed by atoms with E-state index in [9.17, 15) is 4.79 Å². The number of carbonyl (C=O) groups excluding carboxylic acids is 1. The van der Waals surface area contributed by atoms with Gasteiger partial charge in [0, 0.05) is 24.3 Å². The van der Waals surface area contributed by atoms with Gasteiger partial charge in [-0.05, 0) is 42.2 Å². The first-order chi connectivity index (χ1) is 11.2. The zero-order valence-electron chi connectivity index (χ0n) is 13.0. The number of likely N-dealkylation sites (tertiary alicyclic amines) is 1. The average Bonchev–Trinajstić information content (AvgIpc) is 3.00. The lowest BCUT2D eigenvalue weighted by molar-refractivity contribution is -0.130. The van der Waals surface area contributed by atoms with E-state index in [-0.39, 0.29) is 18.0 Å². The van der Waals surface area contributed by atoms with Gasteiger partial charge in [-0.3, -0.25) is 4.79 Å². The Morgan fingerprint density at radius 1 is 1.09 bits per heavy atom. The first-order valence-corrected chi connectivity index (χ1v) is 8.23. The summed E-state index contributed by atoms with van der Waals surface area (Å²) in [5, 5.41) is 3.62. The monoisotopic (exact) mass is 307 g/mol. The Bertz CT molecular complexity index is 726. The van der Waals surface area contributed by atoms with Crippen LogP contribution in [-0.2, 0) is 4.79 Å². The summed E-state index contributed by atoms with van der Waals surface area (Å²) in [6.45, 7) is 0.867. The maximum absolute atomic E-state index is 12.3. The van der Waals surface area contributed by atoms with Crippen molar-refractivity contribution in [3.8, 4) is 0 Å². The first kappa shape index (κ1) is 14.1. The Morgan fingerprint density at radius 3 is 2.61 bits per heavy atom. The number of hydrogen-bond acceptors (Lipinski definition) is 3. The molecule has 0 aromatic heterocycles. The number of rotatable bonds is 2. The number of benzene rings is 2. The fourth-order valence-electron chi connectivity index (χ4n) is 3.76. The molecule has 2 aromatic carbocycles. The number of nitrogens with zero attached hydrogens (tertiary/aromatic N) is 1.